The van der Waals surface area contributed by atoms with Crippen LogP contribution in [0.2, 0.25) is 0 Å². The molecule has 0 saturated heterocycles. The van der Waals surface area contributed by atoms with E-state index in [0.717, 1.165) is 35.7 Å². The number of rotatable bonds is 6. The number of aromatic nitrogens is 1. The smallest absolute Gasteiger partial charge is 0.123 e. The van der Waals surface area contributed by atoms with Crippen molar-refractivity contribution in [1.29, 1.82) is 0 Å². The van der Waals surface area contributed by atoms with E-state index in [1.54, 1.807) is 0 Å². The first kappa shape index (κ1) is 17.5. The Balaban J connectivity index is 2.26. The fourth-order valence-electron chi connectivity index (χ4n) is 3.21. The van der Waals surface area contributed by atoms with Gasteiger partial charge in [0.25, 0.3) is 0 Å². The number of hydrogen-bond acceptors (Lipinski definition) is 1. The summed E-state index contributed by atoms with van der Waals surface area (Å²) in [5.74, 6) is 0.426. The molecule has 0 atom stereocenters. The van der Waals surface area contributed by atoms with Crippen molar-refractivity contribution < 1.29 is 4.39 Å². The van der Waals surface area contributed by atoms with Crippen molar-refractivity contribution in [1.82, 2.24) is 9.47 Å². The monoisotopic (exact) mass is 314 g/mol. The molecule has 0 spiro atoms. The molecule has 0 amide bonds. The summed E-state index contributed by atoms with van der Waals surface area (Å²) in [6.45, 7) is 14.8. The number of hydrogen-bond donors (Lipinski definition) is 0. The first-order chi connectivity index (χ1) is 10.8. The lowest BCUT2D eigenvalue weighted by Gasteiger charge is -2.20. The number of likely N-dealkylation sites (N-methyl/N-ethyl adjacent to an activating group) is 1. The largest absolute Gasteiger partial charge is 0.318 e. The van der Waals surface area contributed by atoms with Gasteiger partial charge in [-0.3, -0.25) is 0 Å². The fraction of sp³-hybridized carbons (Fsp3) is 0.400. The summed E-state index contributed by atoms with van der Waals surface area (Å²) < 4.78 is 15.3. The summed E-state index contributed by atoms with van der Waals surface area (Å²) in [5, 5.41) is 0. The van der Waals surface area contributed by atoms with Crippen molar-refractivity contribution in [3.05, 3.63) is 59.7 Å². The molecule has 0 aliphatic carbocycles. The van der Waals surface area contributed by atoms with E-state index in [1.165, 1.54) is 17.7 Å². The zero-order valence-corrected chi connectivity index (χ0v) is 14.9. The Hall–Kier alpha value is -1.87. The molecule has 2 rings (SSSR count). The van der Waals surface area contributed by atoms with Crippen LogP contribution >= 0.6 is 0 Å². The van der Waals surface area contributed by atoms with Crippen molar-refractivity contribution in [2.75, 3.05) is 20.1 Å². The summed E-state index contributed by atoms with van der Waals surface area (Å²) >= 11 is 0. The molecule has 0 radical (unpaired) electrons. The predicted molar refractivity (Wildman–Crippen MR) is 96.6 cm³/mol. The molecule has 0 N–H and O–H groups in total. The Morgan fingerprint density at radius 1 is 1.22 bits per heavy atom. The molecule has 0 bridgehead atoms. The van der Waals surface area contributed by atoms with E-state index in [-0.39, 0.29) is 5.82 Å². The summed E-state index contributed by atoms with van der Waals surface area (Å²) in [6.07, 6.45) is 0. The molecule has 3 heteroatoms. The molecule has 0 unspecified atom stereocenters. The highest BCUT2D eigenvalue weighted by Gasteiger charge is 2.14. The number of aryl methyl sites for hydroxylation is 1. The van der Waals surface area contributed by atoms with Gasteiger partial charge in [-0.05, 0) is 68.3 Å². The van der Waals surface area contributed by atoms with E-state index in [9.17, 15) is 4.39 Å². The Labute approximate surface area is 139 Å². The van der Waals surface area contributed by atoms with Crippen LogP contribution in [0.15, 0.2) is 36.9 Å². The van der Waals surface area contributed by atoms with Crippen molar-refractivity contribution in [3.63, 3.8) is 0 Å². The second-order valence-electron chi connectivity index (χ2n) is 6.79. The van der Waals surface area contributed by atoms with Gasteiger partial charge in [-0.2, -0.15) is 0 Å². The van der Waals surface area contributed by atoms with Gasteiger partial charge in [0.05, 0.1) is 0 Å². The zero-order chi connectivity index (χ0) is 17.1. The van der Waals surface area contributed by atoms with Gasteiger partial charge in [0.2, 0.25) is 0 Å². The normalized spacial score (nSPS) is 11.5. The van der Waals surface area contributed by atoms with Crippen LogP contribution < -0.4 is 0 Å². The van der Waals surface area contributed by atoms with E-state index >= 15 is 0 Å². The van der Waals surface area contributed by atoms with Gasteiger partial charge in [0.15, 0.2) is 0 Å². The van der Waals surface area contributed by atoms with E-state index in [4.69, 9.17) is 0 Å². The topological polar surface area (TPSA) is 8.17 Å². The van der Waals surface area contributed by atoms with Gasteiger partial charge in [-0.25, -0.2) is 4.39 Å². The molecule has 0 aliphatic rings. The van der Waals surface area contributed by atoms with Crippen LogP contribution in [-0.2, 0) is 0 Å². The van der Waals surface area contributed by atoms with Crippen molar-refractivity contribution in [3.8, 4) is 5.69 Å². The van der Waals surface area contributed by atoms with Crippen molar-refractivity contribution in [2.24, 2.45) is 5.92 Å². The van der Waals surface area contributed by atoms with Crippen LogP contribution in [0.3, 0.4) is 0 Å². The minimum absolute atomic E-state index is 0.212. The third-order valence-corrected chi connectivity index (χ3v) is 4.03. The second kappa shape index (κ2) is 7.14. The first-order valence-corrected chi connectivity index (χ1v) is 8.11. The average molecular weight is 314 g/mol. The summed E-state index contributed by atoms with van der Waals surface area (Å²) in [7, 11) is 2.13. The third kappa shape index (κ3) is 4.11. The standard InChI is InChI=1S/C20H27FN2/c1-14(2)12-22(6)13-15(3)20-11-16(4)23(17(20)5)19-9-7-18(21)8-10-19/h7-11,14H,3,12-13H2,1-2,4-6H3. The number of halogens is 1. The van der Waals surface area contributed by atoms with E-state index in [0.29, 0.717) is 5.92 Å². The molecule has 2 aromatic rings. The SMILES string of the molecule is C=C(CN(C)CC(C)C)c1cc(C)n(-c2ccc(F)cc2)c1C. The quantitative estimate of drug-likeness (QED) is 0.741. The Morgan fingerprint density at radius 2 is 1.83 bits per heavy atom. The fourth-order valence-corrected chi connectivity index (χ4v) is 3.21. The van der Waals surface area contributed by atoms with E-state index in [1.807, 2.05) is 12.1 Å². The highest BCUT2D eigenvalue weighted by atomic mass is 19.1. The molecule has 2 nitrogen and oxygen atoms in total. The molecule has 23 heavy (non-hydrogen) atoms. The van der Waals surface area contributed by atoms with Gasteiger partial charge >= 0.3 is 0 Å². The molecule has 0 saturated carbocycles. The predicted octanol–water partition coefficient (Wildman–Crippen LogP) is 4.83. The maximum atomic E-state index is 13.2. The molecule has 0 aliphatic heterocycles. The molecule has 1 aromatic carbocycles. The number of benzene rings is 1. The maximum absolute atomic E-state index is 13.2. The second-order valence-corrected chi connectivity index (χ2v) is 6.79. The minimum atomic E-state index is -0.212. The molecular weight excluding hydrogens is 287 g/mol. The zero-order valence-electron chi connectivity index (χ0n) is 14.9. The lowest BCUT2D eigenvalue weighted by atomic mass is 10.1. The summed E-state index contributed by atoms with van der Waals surface area (Å²) in [4.78, 5) is 2.30. The van der Waals surface area contributed by atoms with Gasteiger partial charge in [-0.1, -0.05) is 20.4 Å². The van der Waals surface area contributed by atoms with Gasteiger partial charge in [0, 0.05) is 30.2 Å². The Kier molecular flexibility index (Phi) is 5.42. The summed E-state index contributed by atoms with van der Waals surface area (Å²) in [5.41, 5.74) is 5.57. The van der Waals surface area contributed by atoms with Crippen LogP contribution in [0.5, 0.6) is 0 Å². The van der Waals surface area contributed by atoms with Crippen LogP contribution in [0.1, 0.15) is 30.8 Å². The third-order valence-electron chi connectivity index (χ3n) is 4.03. The average Bonchev–Trinajstić information content (AvgIpc) is 2.74. The lowest BCUT2D eigenvalue weighted by molar-refractivity contribution is 0.328. The van der Waals surface area contributed by atoms with Crippen LogP contribution in [-0.4, -0.2) is 29.6 Å². The highest BCUT2D eigenvalue weighted by Crippen LogP contribution is 2.26. The van der Waals surface area contributed by atoms with Crippen LogP contribution in [0.25, 0.3) is 11.3 Å². The molecular formula is C20H27FN2. The highest BCUT2D eigenvalue weighted by molar-refractivity contribution is 5.68. The van der Waals surface area contributed by atoms with Gasteiger partial charge in [0.1, 0.15) is 5.82 Å². The molecule has 124 valence electrons. The minimum Gasteiger partial charge on any atom is -0.318 e. The van der Waals surface area contributed by atoms with Crippen LogP contribution in [0.4, 0.5) is 4.39 Å². The van der Waals surface area contributed by atoms with Crippen molar-refractivity contribution >= 4 is 5.57 Å². The molecule has 1 heterocycles. The van der Waals surface area contributed by atoms with E-state index in [2.05, 4.69) is 56.9 Å². The Bertz CT molecular complexity index is 680. The van der Waals surface area contributed by atoms with Crippen LogP contribution in [0, 0.1) is 25.6 Å². The van der Waals surface area contributed by atoms with Crippen molar-refractivity contribution in [2.45, 2.75) is 27.7 Å². The summed E-state index contributed by atoms with van der Waals surface area (Å²) in [6, 6.07) is 8.79. The first-order valence-electron chi connectivity index (χ1n) is 8.11. The van der Waals surface area contributed by atoms with Gasteiger partial charge in [-0.15, -0.1) is 0 Å². The maximum Gasteiger partial charge on any atom is 0.123 e. The Morgan fingerprint density at radius 3 is 2.39 bits per heavy atom. The molecule has 1 aromatic heterocycles. The lowest BCUT2D eigenvalue weighted by Crippen LogP contribution is -2.25. The number of nitrogens with zero attached hydrogens (tertiary/aromatic N) is 2. The van der Waals surface area contributed by atoms with E-state index < -0.39 is 0 Å². The van der Waals surface area contributed by atoms with Gasteiger partial charge < -0.3 is 9.47 Å². The molecule has 0 fully saturated rings.